The molecule has 0 bridgehead atoms. The number of nitrogens with one attached hydrogen (secondary N) is 2. The SMILES string of the molecule is CCC(C)C(c1ncc[nH]1)C1(Cl)CC=C(c2ccccc2-c2nn[nH]n2)C=C1CO. The van der Waals surface area contributed by atoms with E-state index in [0.29, 0.717) is 12.2 Å². The van der Waals surface area contributed by atoms with E-state index in [-0.39, 0.29) is 18.4 Å². The highest BCUT2D eigenvalue weighted by Gasteiger charge is 2.45. The average molecular weight is 425 g/mol. The Hall–Kier alpha value is -2.77. The number of imidazole rings is 1. The Labute approximate surface area is 180 Å². The number of hydrogen-bond acceptors (Lipinski definition) is 5. The second kappa shape index (κ2) is 8.53. The molecule has 3 unspecified atom stereocenters. The fourth-order valence-corrected chi connectivity index (χ4v) is 4.78. The number of benzene rings is 1. The summed E-state index contributed by atoms with van der Waals surface area (Å²) in [6.07, 6.45) is 9.22. The van der Waals surface area contributed by atoms with Gasteiger partial charge in [-0.25, -0.2) is 4.98 Å². The van der Waals surface area contributed by atoms with Gasteiger partial charge < -0.3 is 10.1 Å². The summed E-state index contributed by atoms with van der Waals surface area (Å²) in [6, 6.07) is 7.89. The first-order valence-electron chi connectivity index (χ1n) is 10.1. The summed E-state index contributed by atoms with van der Waals surface area (Å²) < 4.78 is 0. The van der Waals surface area contributed by atoms with Gasteiger partial charge in [0.15, 0.2) is 0 Å². The summed E-state index contributed by atoms with van der Waals surface area (Å²) in [7, 11) is 0. The van der Waals surface area contributed by atoms with Gasteiger partial charge in [0.2, 0.25) is 5.82 Å². The van der Waals surface area contributed by atoms with E-state index in [1.54, 1.807) is 6.20 Å². The maximum atomic E-state index is 10.3. The van der Waals surface area contributed by atoms with Crippen LogP contribution in [-0.2, 0) is 0 Å². The van der Waals surface area contributed by atoms with Gasteiger partial charge in [0.25, 0.3) is 0 Å². The maximum Gasteiger partial charge on any atom is 0.205 e. The second-order valence-electron chi connectivity index (χ2n) is 7.67. The number of tetrazole rings is 1. The van der Waals surface area contributed by atoms with Gasteiger partial charge in [-0.05, 0) is 34.3 Å². The molecular formula is C22H25ClN6O. The van der Waals surface area contributed by atoms with E-state index in [1.165, 1.54) is 0 Å². The van der Waals surface area contributed by atoms with Crippen LogP contribution in [0.2, 0.25) is 0 Å². The number of nitrogens with zero attached hydrogens (tertiary/aromatic N) is 4. The van der Waals surface area contributed by atoms with E-state index >= 15 is 0 Å². The number of aromatic amines is 2. The lowest BCUT2D eigenvalue weighted by Gasteiger charge is -2.40. The van der Waals surface area contributed by atoms with Crippen LogP contribution in [0, 0.1) is 5.92 Å². The topological polar surface area (TPSA) is 103 Å². The van der Waals surface area contributed by atoms with Gasteiger partial charge in [0.05, 0.1) is 11.5 Å². The highest BCUT2D eigenvalue weighted by molar-refractivity contribution is 6.27. The summed E-state index contributed by atoms with van der Waals surface area (Å²) in [5.74, 6) is 1.61. The predicted octanol–water partition coefficient (Wildman–Crippen LogP) is 4.10. The fourth-order valence-electron chi connectivity index (χ4n) is 4.27. The first-order valence-corrected chi connectivity index (χ1v) is 10.5. The lowest BCUT2D eigenvalue weighted by molar-refractivity contribution is 0.289. The van der Waals surface area contributed by atoms with E-state index in [1.807, 2.05) is 36.5 Å². The molecule has 8 heteroatoms. The third-order valence-corrected chi connectivity index (χ3v) is 6.63. The monoisotopic (exact) mass is 424 g/mol. The number of hydrogen-bond donors (Lipinski definition) is 3. The predicted molar refractivity (Wildman–Crippen MR) is 117 cm³/mol. The first kappa shape index (κ1) is 20.5. The van der Waals surface area contributed by atoms with Gasteiger partial charge in [-0.3, -0.25) is 0 Å². The zero-order valence-electron chi connectivity index (χ0n) is 17.0. The molecule has 0 radical (unpaired) electrons. The minimum atomic E-state index is -0.757. The molecule has 0 spiro atoms. The van der Waals surface area contributed by atoms with Gasteiger partial charge >= 0.3 is 0 Å². The quantitative estimate of drug-likeness (QED) is 0.495. The Morgan fingerprint density at radius 1 is 1.27 bits per heavy atom. The molecule has 1 aromatic carbocycles. The Morgan fingerprint density at radius 2 is 2.07 bits per heavy atom. The lowest BCUT2D eigenvalue weighted by Crippen LogP contribution is -2.39. The molecule has 30 heavy (non-hydrogen) atoms. The van der Waals surface area contributed by atoms with Crippen LogP contribution in [-0.4, -0.2) is 47.2 Å². The number of H-pyrrole nitrogens is 2. The van der Waals surface area contributed by atoms with Crippen molar-refractivity contribution >= 4 is 17.2 Å². The smallest absolute Gasteiger partial charge is 0.205 e. The van der Waals surface area contributed by atoms with Gasteiger partial charge in [-0.15, -0.1) is 21.8 Å². The van der Waals surface area contributed by atoms with E-state index in [4.69, 9.17) is 11.6 Å². The number of alkyl halides is 1. The Bertz CT molecular complexity index is 1040. The van der Waals surface area contributed by atoms with Crippen molar-refractivity contribution in [3.8, 4) is 11.4 Å². The van der Waals surface area contributed by atoms with E-state index in [2.05, 4.69) is 50.5 Å². The fraction of sp³-hybridized carbons (Fsp3) is 0.364. The molecule has 0 fully saturated rings. The molecule has 1 aliphatic carbocycles. The number of aromatic nitrogens is 6. The summed E-state index contributed by atoms with van der Waals surface area (Å²) in [4.78, 5) is 6.98. The molecule has 3 aromatic rings. The van der Waals surface area contributed by atoms with Gasteiger partial charge in [0, 0.05) is 23.9 Å². The maximum absolute atomic E-state index is 10.3. The van der Waals surface area contributed by atoms with E-state index < -0.39 is 4.87 Å². The standard InChI is InChI=1S/C22H25ClN6O/c1-3-14(2)19(21-24-10-11-25-21)22(23)9-8-15(12-16(22)13-30)17-6-4-5-7-18(17)20-26-28-29-27-20/h4-8,10-12,14,19,30H,3,9,13H2,1-2H3,(H,24,25)(H,26,27,28,29). The first-order chi connectivity index (χ1) is 14.6. The molecule has 0 saturated carbocycles. The van der Waals surface area contributed by atoms with Gasteiger partial charge in [-0.1, -0.05) is 56.7 Å². The molecule has 0 saturated heterocycles. The molecule has 0 amide bonds. The number of allylic oxidation sites excluding steroid dienone is 3. The van der Waals surface area contributed by atoms with Crippen molar-refractivity contribution in [2.75, 3.05) is 6.61 Å². The van der Waals surface area contributed by atoms with Crippen molar-refractivity contribution in [3.05, 3.63) is 65.8 Å². The summed E-state index contributed by atoms with van der Waals surface area (Å²) in [6.45, 7) is 4.20. The normalized spacial score (nSPS) is 21.1. The highest BCUT2D eigenvalue weighted by Crippen LogP contribution is 2.50. The Balaban J connectivity index is 1.76. The van der Waals surface area contributed by atoms with E-state index in [0.717, 1.165) is 34.5 Å². The molecule has 1 aliphatic rings. The zero-order chi connectivity index (χ0) is 21.1. The van der Waals surface area contributed by atoms with Gasteiger partial charge in [0.1, 0.15) is 5.82 Å². The third-order valence-electron chi connectivity index (χ3n) is 6.00. The summed E-state index contributed by atoms with van der Waals surface area (Å²) in [5, 5.41) is 24.7. The van der Waals surface area contributed by atoms with Crippen molar-refractivity contribution in [3.63, 3.8) is 0 Å². The minimum Gasteiger partial charge on any atom is -0.392 e. The number of halogens is 1. The van der Waals surface area contributed by atoms with Crippen molar-refractivity contribution in [1.82, 2.24) is 30.6 Å². The molecule has 2 heterocycles. The minimum absolute atomic E-state index is 0.0529. The molecule has 4 rings (SSSR count). The van der Waals surface area contributed by atoms with Crippen LogP contribution in [0.5, 0.6) is 0 Å². The van der Waals surface area contributed by atoms with Crippen LogP contribution in [0.3, 0.4) is 0 Å². The molecule has 3 N–H and O–H groups in total. The molecule has 2 aromatic heterocycles. The number of aliphatic hydroxyl groups excluding tert-OH is 1. The third kappa shape index (κ3) is 3.59. The average Bonchev–Trinajstić information content (AvgIpc) is 3.48. The number of aliphatic hydroxyl groups is 1. The summed E-state index contributed by atoms with van der Waals surface area (Å²) in [5.41, 5.74) is 3.61. The van der Waals surface area contributed by atoms with E-state index in [9.17, 15) is 5.11 Å². The van der Waals surface area contributed by atoms with Crippen molar-refractivity contribution < 1.29 is 5.11 Å². The summed E-state index contributed by atoms with van der Waals surface area (Å²) >= 11 is 7.29. The molecular weight excluding hydrogens is 400 g/mol. The van der Waals surface area contributed by atoms with Crippen LogP contribution in [0.1, 0.15) is 44.0 Å². The van der Waals surface area contributed by atoms with Crippen LogP contribution in [0.15, 0.2) is 54.4 Å². The van der Waals surface area contributed by atoms with Crippen LogP contribution < -0.4 is 0 Å². The highest BCUT2D eigenvalue weighted by atomic mass is 35.5. The Kier molecular flexibility index (Phi) is 5.83. The van der Waals surface area contributed by atoms with Crippen LogP contribution in [0.25, 0.3) is 17.0 Å². The molecule has 3 atom stereocenters. The van der Waals surface area contributed by atoms with Gasteiger partial charge in [-0.2, -0.15) is 5.21 Å². The second-order valence-corrected chi connectivity index (χ2v) is 8.35. The Morgan fingerprint density at radius 3 is 2.70 bits per heavy atom. The number of rotatable bonds is 7. The van der Waals surface area contributed by atoms with Crippen molar-refractivity contribution in [2.24, 2.45) is 5.92 Å². The van der Waals surface area contributed by atoms with Crippen LogP contribution in [0.4, 0.5) is 0 Å². The molecule has 7 nitrogen and oxygen atoms in total. The lowest BCUT2D eigenvalue weighted by atomic mass is 9.71. The largest absolute Gasteiger partial charge is 0.392 e. The molecule has 156 valence electrons. The van der Waals surface area contributed by atoms with Crippen molar-refractivity contribution in [2.45, 2.75) is 37.5 Å². The van der Waals surface area contributed by atoms with Crippen molar-refractivity contribution in [1.29, 1.82) is 0 Å². The molecule has 0 aliphatic heterocycles. The van der Waals surface area contributed by atoms with Crippen LogP contribution >= 0.6 is 11.6 Å². The zero-order valence-corrected chi connectivity index (χ0v) is 17.8.